The molecule has 0 N–H and O–H groups in total. The fourth-order valence-corrected chi connectivity index (χ4v) is 16.9. The zero-order valence-corrected chi connectivity index (χ0v) is 63.2. The first-order valence-corrected chi connectivity index (χ1v) is 37.8. The Hall–Kier alpha value is -11.4. The lowest BCUT2D eigenvalue weighted by molar-refractivity contribution is 0.488. The molecule has 0 amide bonds. The molecule has 0 saturated carbocycles. The van der Waals surface area contributed by atoms with Crippen molar-refractivity contribution in [3.63, 3.8) is 0 Å². The van der Waals surface area contributed by atoms with Crippen LogP contribution < -0.4 is 35.8 Å². The topological polar surface area (TPSA) is 19.0 Å². The molecule has 17 rings (SSSR count). The molecule has 0 aliphatic carbocycles. The molecule has 14 aromatic carbocycles. The van der Waals surface area contributed by atoms with E-state index >= 15 is 0 Å². The number of anilines is 9. The van der Waals surface area contributed by atoms with E-state index in [1.165, 1.54) is 22.3 Å². The van der Waals surface area contributed by atoms with E-state index in [1.807, 2.05) is 41.7 Å². The molecule has 3 heterocycles. The third-order valence-electron chi connectivity index (χ3n) is 21.4. The molecule has 2 aliphatic rings. The van der Waals surface area contributed by atoms with E-state index in [4.69, 9.17) is 8.85 Å². The monoisotopic (exact) mass is 1390 g/mol. The lowest BCUT2D eigenvalue weighted by Crippen LogP contribution is -2.59. The van der Waals surface area contributed by atoms with Crippen molar-refractivity contribution < 1.29 is 11.6 Å². The van der Waals surface area contributed by atoms with Crippen molar-refractivity contribution in [1.82, 2.24) is 0 Å². The van der Waals surface area contributed by atoms with Gasteiger partial charge in [-0.1, -0.05) is 283 Å². The predicted molar refractivity (Wildman–Crippen MR) is 457 cm³/mol. The van der Waals surface area contributed by atoms with Gasteiger partial charge < -0.3 is 19.4 Å². The van der Waals surface area contributed by atoms with Gasteiger partial charge in [-0.25, -0.2) is 0 Å². The number of hydrogen-bond donors (Lipinski definition) is 0. The van der Waals surface area contributed by atoms with Gasteiger partial charge in [0.25, 0.3) is 6.71 Å². The SMILES string of the molecule is [2H]c1c([2H])c([2H])c(-c2cc(-c3ccccc3)cc(-c3cc4c5c(c3)N(c3ccc(-c6ccccc6)cc3-c3ccccc3)c3cc(N(c6ccc(C(C)(C)C)cc6)c6ccc(C(C)(C)C)cc6)ccc3B5c3c(cc(N(c5ccc(C(C)(C)C)cc5)c5ccc(C(C)(C)C)cc5)c5c3sc3ccccc35)O4)c2)c([2H])c1[2H]. The number of ether oxygens (including phenoxy) is 1. The van der Waals surface area contributed by atoms with Crippen LogP contribution in [0.2, 0.25) is 0 Å². The Morgan fingerprint density at radius 3 is 1.31 bits per heavy atom. The summed E-state index contributed by atoms with van der Waals surface area (Å²) in [7, 11) is 0. The van der Waals surface area contributed by atoms with E-state index in [-0.39, 0.29) is 39.3 Å². The van der Waals surface area contributed by atoms with Crippen LogP contribution in [0.4, 0.5) is 51.2 Å². The van der Waals surface area contributed by atoms with Gasteiger partial charge in [-0.2, -0.15) is 0 Å². The molecule has 2 aliphatic heterocycles. The quantitative estimate of drug-likeness (QED) is 0.114. The molecule has 0 bridgehead atoms. The Morgan fingerprint density at radius 1 is 0.340 bits per heavy atom. The van der Waals surface area contributed by atoms with Crippen molar-refractivity contribution in [2.24, 2.45) is 0 Å². The van der Waals surface area contributed by atoms with Gasteiger partial charge in [0.05, 0.1) is 18.2 Å². The summed E-state index contributed by atoms with van der Waals surface area (Å²) in [5.74, 6) is 1.39. The average molecular weight is 1400 g/mol. The first kappa shape index (κ1) is 62.0. The summed E-state index contributed by atoms with van der Waals surface area (Å²) < 4.78 is 56.1. The summed E-state index contributed by atoms with van der Waals surface area (Å²) in [5, 5.41) is 2.28. The minimum absolute atomic E-state index is 0.0831. The van der Waals surface area contributed by atoms with E-state index in [2.05, 4.69) is 353 Å². The molecular formula is C100H88BN3OS. The fourth-order valence-electron chi connectivity index (χ4n) is 15.7. The fraction of sp³-hybridized carbons (Fsp3) is 0.160. The molecule has 0 saturated heterocycles. The summed E-state index contributed by atoms with van der Waals surface area (Å²) in [4.78, 5) is 7.33. The van der Waals surface area contributed by atoms with E-state index in [9.17, 15) is 2.74 Å². The van der Waals surface area contributed by atoms with Crippen molar-refractivity contribution in [2.45, 2.75) is 105 Å². The van der Waals surface area contributed by atoms with Crippen LogP contribution in [0.25, 0.3) is 75.8 Å². The van der Waals surface area contributed by atoms with Crippen molar-refractivity contribution >= 4 is 106 Å². The molecule has 6 heteroatoms. The molecule has 4 nitrogen and oxygen atoms in total. The normalized spacial score (nSPS) is 13.4. The Kier molecular flexibility index (Phi) is 15.4. The van der Waals surface area contributed by atoms with Crippen LogP contribution >= 0.6 is 11.3 Å². The van der Waals surface area contributed by atoms with Crippen molar-refractivity contribution in [2.75, 3.05) is 14.7 Å². The number of fused-ring (bicyclic) bond motifs is 8. The highest BCUT2D eigenvalue weighted by molar-refractivity contribution is 7.28. The van der Waals surface area contributed by atoms with Gasteiger partial charge in [0.2, 0.25) is 0 Å². The summed E-state index contributed by atoms with van der Waals surface area (Å²) in [6.07, 6.45) is 0. The maximum atomic E-state index is 9.50. The van der Waals surface area contributed by atoms with Crippen LogP contribution in [0.3, 0.4) is 0 Å². The molecule has 0 unspecified atom stereocenters. The van der Waals surface area contributed by atoms with E-state index in [0.717, 1.165) is 138 Å². The maximum absolute atomic E-state index is 9.50. The van der Waals surface area contributed by atoms with Crippen LogP contribution in [-0.4, -0.2) is 6.71 Å². The molecule has 15 aromatic rings. The Bertz CT molecular complexity index is 5990. The van der Waals surface area contributed by atoms with E-state index in [1.54, 1.807) is 0 Å². The molecule has 0 atom stereocenters. The molecule has 1 aromatic heterocycles. The molecular weight excluding hydrogens is 1300 g/mol. The highest BCUT2D eigenvalue weighted by Crippen LogP contribution is 2.53. The number of rotatable bonds is 12. The van der Waals surface area contributed by atoms with Gasteiger partial charge in [0.1, 0.15) is 11.5 Å². The first-order chi connectivity index (χ1) is 53.1. The Balaban J connectivity index is 1.01. The van der Waals surface area contributed by atoms with Gasteiger partial charge >= 0.3 is 0 Å². The van der Waals surface area contributed by atoms with Gasteiger partial charge in [-0.05, 0) is 220 Å². The lowest BCUT2D eigenvalue weighted by atomic mass is 9.34. The summed E-state index contributed by atoms with van der Waals surface area (Å²) in [6, 6.07) is 102. The van der Waals surface area contributed by atoms with Crippen LogP contribution in [0.15, 0.2) is 315 Å². The van der Waals surface area contributed by atoms with Crippen LogP contribution in [0, 0.1) is 0 Å². The van der Waals surface area contributed by atoms with E-state index in [0.29, 0.717) is 11.3 Å². The summed E-state index contributed by atoms with van der Waals surface area (Å²) in [6.45, 7) is 26.8. The van der Waals surface area contributed by atoms with Crippen LogP contribution in [0.1, 0.15) is 112 Å². The van der Waals surface area contributed by atoms with Gasteiger partial charge in [-0.15, -0.1) is 11.3 Å². The minimum atomic E-state index is -0.444. The average Bonchev–Trinajstić information content (AvgIpc) is 1.68. The third-order valence-corrected chi connectivity index (χ3v) is 22.6. The van der Waals surface area contributed by atoms with Gasteiger partial charge in [0, 0.05) is 71.6 Å². The first-order valence-electron chi connectivity index (χ1n) is 39.5. The van der Waals surface area contributed by atoms with Crippen molar-refractivity contribution in [3.05, 3.63) is 338 Å². The van der Waals surface area contributed by atoms with Gasteiger partial charge in [0.15, 0.2) is 0 Å². The van der Waals surface area contributed by atoms with Gasteiger partial charge in [-0.3, -0.25) is 0 Å². The zero-order chi connectivity index (χ0) is 77.3. The van der Waals surface area contributed by atoms with Crippen LogP contribution in [-0.2, 0) is 21.7 Å². The molecule has 106 heavy (non-hydrogen) atoms. The number of benzene rings is 14. The summed E-state index contributed by atoms with van der Waals surface area (Å²) >= 11 is 1.82. The highest BCUT2D eigenvalue weighted by atomic mass is 32.1. The maximum Gasteiger partial charge on any atom is 0.258 e. The standard InChI is InChI=1S/C100H88BN3OS/c1-97(2,3)74-38-46-78(47-39-74)102(79-48-40-75(41-49-79)98(4,5)6)82-54-55-85-87(63-82)104(86-56-37-69(65-27-17-13-18-28-65)60-84(86)68-33-23-16-24-34-68)89-61-73(72-58-70(66-29-19-14-20-30-66)57-71(59-72)67-31-21-15-22-32-67)62-90-94(89)101(85)95-91(105-90)64-88(93-83-35-25-26-36-92(83)106-96(93)95)103(80-50-42-76(43-51-80)99(7,8)9)81-52-44-77(45-53-81)100(10,11)12/h13-64H,1-12H3/i14D,19D,20D,29D,30D. The second-order valence-electron chi connectivity index (χ2n) is 32.6. The molecule has 0 fully saturated rings. The summed E-state index contributed by atoms with van der Waals surface area (Å²) in [5.41, 5.74) is 24.7. The van der Waals surface area contributed by atoms with Crippen molar-refractivity contribution in [3.8, 4) is 67.1 Å². The predicted octanol–water partition coefficient (Wildman–Crippen LogP) is 26.9. The minimum Gasteiger partial charge on any atom is -0.458 e. The second-order valence-corrected chi connectivity index (χ2v) is 33.7. The highest BCUT2D eigenvalue weighted by Gasteiger charge is 2.45. The molecule has 0 radical (unpaired) electrons. The molecule has 0 spiro atoms. The largest absolute Gasteiger partial charge is 0.458 e. The number of hydrogen-bond acceptors (Lipinski definition) is 5. The molecule has 518 valence electrons. The van der Waals surface area contributed by atoms with Crippen molar-refractivity contribution in [1.29, 1.82) is 0 Å². The number of nitrogens with zero attached hydrogens (tertiary/aromatic N) is 3. The zero-order valence-electron chi connectivity index (χ0n) is 67.4. The van der Waals surface area contributed by atoms with E-state index < -0.39 is 24.8 Å². The number of thiophene rings is 1. The third kappa shape index (κ3) is 12.5. The van der Waals surface area contributed by atoms with Crippen LogP contribution in [0.5, 0.6) is 11.5 Å². The Labute approximate surface area is 637 Å². The lowest BCUT2D eigenvalue weighted by Gasteiger charge is -2.42. The Morgan fingerprint density at radius 2 is 0.783 bits per heavy atom. The second kappa shape index (κ2) is 26.3. The smallest absolute Gasteiger partial charge is 0.258 e.